The number of hydrogen-bond acceptors (Lipinski definition) is 4. The first-order valence-electron chi connectivity index (χ1n) is 7.40. The molecule has 1 fully saturated rings. The van der Waals surface area contributed by atoms with E-state index in [1.54, 1.807) is 0 Å². The third-order valence-corrected chi connectivity index (χ3v) is 3.70. The summed E-state index contributed by atoms with van der Waals surface area (Å²) in [4.78, 5) is 0. The van der Waals surface area contributed by atoms with Crippen molar-refractivity contribution >= 4 is 0 Å². The third-order valence-electron chi connectivity index (χ3n) is 3.70. The van der Waals surface area contributed by atoms with Gasteiger partial charge in [-0.05, 0) is 25.3 Å². The Morgan fingerprint density at radius 1 is 1.17 bits per heavy atom. The summed E-state index contributed by atoms with van der Waals surface area (Å²) in [5, 5.41) is 11.5. The first-order chi connectivity index (χ1) is 8.88. The van der Waals surface area contributed by atoms with Gasteiger partial charge < -0.3 is 9.73 Å². The maximum Gasteiger partial charge on any atom is 0.230 e. The van der Waals surface area contributed by atoms with E-state index in [4.69, 9.17) is 4.42 Å². The van der Waals surface area contributed by atoms with Crippen molar-refractivity contribution in [3.8, 4) is 0 Å². The molecule has 1 heterocycles. The number of hydrogen-bond donors (Lipinski definition) is 1. The fourth-order valence-electron chi connectivity index (χ4n) is 2.64. The lowest BCUT2D eigenvalue weighted by Crippen LogP contribution is -2.13. The van der Waals surface area contributed by atoms with E-state index in [1.165, 1.54) is 38.5 Å². The zero-order chi connectivity index (χ0) is 12.6. The van der Waals surface area contributed by atoms with Gasteiger partial charge in [0.15, 0.2) is 0 Å². The first-order valence-corrected chi connectivity index (χ1v) is 7.40. The normalized spacial score (nSPS) is 17.2. The average Bonchev–Trinajstić information content (AvgIpc) is 2.86. The molecule has 1 saturated carbocycles. The van der Waals surface area contributed by atoms with Crippen LogP contribution < -0.4 is 5.32 Å². The zero-order valence-corrected chi connectivity index (χ0v) is 11.5. The molecule has 0 atom stereocenters. The van der Waals surface area contributed by atoms with E-state index in [9.17, 15) is 0 Å². The van der Waals surface area contributed by atoms with Crippen molar-refractivity contribution in [2.24, 2.45) is 5.92 Å². The molecule has 0 radical (unpaired) electrons. The Morgan fingerprint density at radius 3 is 2.72 bits per heavy atom. The van der Waals surface area contributed by atoms with Gasteiger partial charge >= 0.3 is 0 Å². The Balaban J connectivity index is 1.69. The zero-order valence-electron chi connectivity index (χ0n) is 11.5. The van der Waals surface area contributed by atoms with Gasteiger partial charge in [-0.25, -0.2) is 0 Å². The Labute approximate surface area is 110 Å². The first kappa shape index (κ1) is 13.5. The summed E-state index contributed by atoms with van der Waals surface area (Å²) < 4.78 is 5.64. The van der Waals surface area contributed by atoms with E-state index < -0.39 is 0 Å². The Hall–Kier alpha value is -0.900. The van der Waals surface area contributed by atoms with Gasteiger partial charge in [-0.3, -0.25) is 0 Å². The molecule has 102 valence electrons. The monoisotopic (exact) mass is 251 g/mol. The summed E-state index contributed by atoms with van der Waals surface area (Å²) in [6.45, 7) is 3.85. The topological polar surface area (TPSA) is 51.0 Å². The highest BCUT2D eigenvalue weighted by atomic mass is 16.4. The quantitative estimate of drug-likeness (QED) is 0.757. The highest BCUT2D eigenvalue weighted by Gasteiger charge is 2.15. The molecule has 0 saturated heterocycles. The molecular formula is C14H25N3O. The molecule has 4 heteroatoms. The summed E-state index contributed by atoms with van der Waals surface area (Å²) in [5.41, 5.74) is 0. The minimum absolute atomic E-state index is 0.699. The minimum atomic E-state index is 0.699. The SMILES string of the molecule is CCCNCc1nnc(CCC2CCCCC2)o1. The van der Waals surface area contributed by atoms with Crippen LogP contribution in [0.25, 0.3) is 0 Å². The van der Waals surface area contributed by atoms with Gasteiger partial charge in [0.2, 0.25) is 11.8 Å². The van der Waals surface area contributed by atoms with Crippen LogP contribution in [0.4, 0.5) is 0 Å². The van der Waals surface area contributed by atoms with Crippen molar-refractivity contribution in [2.45, 2.75) is 64.8 Å². The van der Waals surface area contributed by atoms with Crippen LogP contribution in [0.3, 0.4) is 0 Å². The number of aromatic nitrogens is 2. The fourth-order valence-corrected chi connectivity index (χ4v) is 2.64. The lowest BCUT2D eigenvalue weighted by Gasteiger charge is -2.20. The van der Waals surface area contributed by atoms with E-state index in [1.807, 2.05) is 0 Å². The maximum atomic E-state index is 5.64. The van der Waals surface area contributed by atoms with Crippen LogP contribution in [-0.4, -0.2) is 16.7 Å². The van der Waals surface area contributed by atoms with Gasteiger partial charge in [0.1, 0.15) is 0 Å². The summed E-state index contributed by atoms with van der Waals surface area (Å²) in [7, 11) is 0. The number of nitrogens with zero attached hydrogens (tertiary/aromatic N) is 2. The second-order valence-corrected chi connectivity index (χ2v) is 5.31. The van der Waals surface area contributed by atoms with Crippen molar-refractivity contribution in [1.29, 1.82) is 0 Å². The molecule has 0 amide bonds. The molecule has 0 aromatic carbocycles. The standard InChI is InChI=1S/C14H25N3O/c1-2-10-15-11-14-17-16-13(18-14)9-8-12-6-4-3-5-7-12/h12,15H,2-11H2,1H3. The molecule has 1 aliphatic carbocycles. The van der Waals surface area contributed by atoms with Crippen LogP contribution in [0.15, 0.2) is 4.42 Å². The minimum Gasteiger partial charge on any atom is -0.424 e. The van der Waals surface area contributed by atoms with Gasteiger partial charge in [0, 0.05) is 6.42 Å². The van der Waals surface area contributed by atoms with Gasteiger partial charge in [0.25, 0.3) is 0 Å². The summed E-state index contributed by atoms with van der Waals surface area (Å²) in [6.07, 6.45) is 10.3. The molecule has 0 unspecified atom stereocenters. The lowest BCUT2D eigenvalue weighted by molar-refractivity contribution is 0.325. The highest BCUT2D eigenvalue weighted by molar-refractivity contribution is 4.83. The third kappa shape index (κ3) is 4.41. The predicted molar refractivity (Wildman–Crippen MR) is 71.2 cm³/mol. The van der Waals surface area contributed by atoms with E-state index in [0.717, 1.165) is 37.1 Å². The van der Waals surface area contributed by atoms with Gasteiger partial charge in [0.05, 0.1) is 6.54 Å². The molecule has 1 aromatic rings. The maximum absolute atomic E-state index is 5.64. The number of nitrogens with one attached hydrogen (secondary N) is 1. The predicted octanol–water partition coefficient (Wildman–Crippen LogP) is 3.08. The Morgan fingerprint density at radius 2 is 1.94 bits per heavy atom. The Bertz CT molecular complexity index is 332. The van der Waals surface area contributed by atoms with Crippen molar-refractivity contribution in [3.63, 3.8) is 0 Å². The lowest BCUT2D eigenvalue weighted by atomic mass is 9.86. The average molecular weight is 251 g/mol. The molecule has 4 nitrogen and oxygen atoms in total. The van der Waals surface area contributed by atoms with Crippen molar-refractivity contribution in [3.05, 3.63) is 11.8 Å². The molecular weight excluding hydrogens is 226 g/mol. The number of aryl methyl sites for hydroxylation is 1. The molecule has 1 aliphatic rings. The second kappa shape index (κ2) is 7.52. The molecule has 1 aromatic heterocycles. The molecule has 0 bridgehead atoms. The van der Waals surface area contributed by atoms with Gasteiger partial charge in [-0.15, -0.1) is 10.2 Å². The van der Waals surface area contributed by atoms with E-state index in [0.29, 0.717) is 6.54 Å². The van der Waals surface area contributed by atoms with Crippen LogP contribution >= 0.6 is 0 Å². The fraction of sp³-hybridized carbons (Fsp3) is 0.857. The van der Waals surface area contributed by atoms with Crippen LogP contribution in [0.2, 0.25) is 0 Å². The summed E-state index contributed by atoms with van der Waals surface area (Å²) in [5.74, 6) is 2.42. The largest absolute Gasteiger partial charge is 0.424 e. The van der Waals surface area contributed by atoms with Crippen molar-refractivity contribution < 1.29 is 4.42 Å². The van der Waals surface area contributed by atoms with Crippen molar-refractivity contribution in [2.75, 3.05) is 6.54 Å². The van der Waals surface area contributed by atoms with Crippen LogP contribution in [-0.2, 0) is 13.0 Å². The molecule has 2 rings (SSSR count). The summed E-state index contributed by atoms with van der Waals surface area (Å²) in [6, 6.07) is 0. The van der Waals surface area contributed by atoms with Crippen molar-refractivity contribution in [1.82, 2.24) is 15.5 Å². The van der Waals surface area contributed by atoms with Crippen LogP contribution in [0.5, 0.6) is 0 Å². The van der Waals surface area contributed by atoms with E-state index >= 15 is 0 Å². The summed E-state index contributed by atoms with van der Waals surface area (Å²) >= 11 is 0. The smallest absolute Gasteiger partial charge is 0.230 e. The van der Waals surface area contributed by atoms with Gasteiger partial charge in [-0.2, -0.15) is 0 Å². The molecule has 0 aliphatic heterocycles. The molecule has 1 N–H and O–H groups in total. The van der Waals surface area contributed by atoms with E-state index in [-0.39, 0.29) is 0 Å². The Kier molecular flexibility index (Phi) is 5.65. The molecule has 18 heavy (non-hydrogen) atoms. The molecule has 0 spiro atoms. The second-order valence-electron chi connectivity index (χ2n) is 5.31. The van der Waals surface area contributed by atoms with Crippen LogP contribution in [0, 0.1) is 5.92 Å². The number of rotatable bonds is 7. The van der Waals surface area contributed by atoms with E-state index in [2.05, 4.69) is 22.4 Å². The van der Waals surface area contributed by atoms with Crippen LogP contribution in [0.1, 0.15) is 63.7 Å². The highest BCUT2D eigenvalue weighted by Crippen LogP contribution is 2.27. The van der Waals surface area contributed by atoms with Gasteiger partial charge in [-0.1, -0.05) is 39.0 Å².